The van der Waals surface area contributed by atoms with Gasteiger partial charge in [0.15, 0.2) is 11.6 Å². The number of hydrogen-bond donors (Lipinski definition) is 1. The van der Waals surface area contributed by atoms with Crippen LogP contribution in [0.4, 0.5) is 19.1 Å². The van der Waals surface area contributed by atoms with Crippen LogP contribution >= 0.6 is 0 Å². The summed E-state index contributed by atoms with van der Waals surface area (Å²) >= 11 is 0. The zero-order valence-corrected chi connectivity index (χ0v) is 15.0. The van der Waals surface area contributed by atoms with Gasteiger partial charge in [-0.25, -0.2) is 23.1 Å². The van der Waals surface area contributed by atoms with Crippen molar-refractivity contribution in [1.82, 2.24) is 14.5 Å². The number of fused-ring (bicyclic) bond motifs is 1. The van der Waals surface area contributed by atoms with E-state index in [9.17, 15) is 13.2 Å². The number of rotatable bonds is 3. The molecular weight excluding hydrogens is 359 g/mol. The second-order valence-electron chi connectivity index (χ2n) is 6.92. The number of alkyl halides is 1. The predicted octanol–water partition coefficient (Wildman–Crippen LogP) is 2.84. The molecule has 2 unspecified atom stereocenters. The van der Waals surface area contributed by atoms with E-state index in [4.69, 9.17) is 10.2 Å². The van der Waals surface area contributed by atoms with Crippen molar-refractivity contribution in [2.24, 2.45) is 5.73 Å². The second-order valence-corrected chi connectivity index (χ2v) is 6.92. The average Bonchev–Trinajstić information content (AvgIpc) is 3.11. The molecule has 2 aromatic heterocycles. The number of nitrogens with zero attached hydrogens (tertiary/aromatic N) is 4. The third-order valence-corrected chi connectivity index (χ3v) is 4.99. The molecule has 1 saturated heterocycles. The van der Waals surface area contributed by atoms with Crippen LogP contribution in [0, 0.1) is 25.5 Å². The molecule has 27 heavy (non-hydrogen) atoms. The van der Waals surface area contributed by atoms with Gasteiger partial charge in [0, 0.05) is 25.2 Å². The highest BCUT2D eigenvalue weighted by Crippen LogP contribution is 2.28. The molecule has 0 aliphatic carbocycles. The maximum atomic E-state index is 13.9. The SMILES string of the molecule is Cc1nc(Cn2c(N3CCC(F)C(N)C3)nc3cc(F)c(F)cc32)oc1C. The van der Waals surface area contributed by atoms with Crippen LogP contribution in [0.25, 0.3) is 11.0 Å². The van der Waals surface area contributed by atoms with Crippen molar-refractivity contribution in [1.29, 1.82) is 0 Å². The van der Waals surface area contributed by atoms with Crippen molar-refractivity contribution in [3.8, 4) is 0 Å². The lowest BCUT2D eigenvalue weighted by molar-refractivity contribution is 0.243. The highest BCUT2D eigenvalue weighted by molar-refractivity contribution is 5.79. The first kappa shape index (κ1) is 17.8. The minimum Gasteiger partial charge on any atom is -0.444 e. The Morgan fingerprint density at radius 2 is 1.96 bits per heavy atom. The van der Waals surface area contributed by atoms with Gasteiger partial charge in [0.25, 0.3) is 0 Å². The van der Waals surface area contributed by atoms with Gasteiger partial charge < -0.3 is 19.6 Å². The number of hydrogen-bond acceptors (Lipinski definition) is 5. The smallest absolute Gasteiger partial charge is 0.214 e. The van der Waals surface area contributed by atoms with Crippen LogP contribution in [0.1, 0.15) is 23.8 Å². The number of oxazole rings is 1. The van der Waals surface area contributed by atoms with Crippen molar-refractivity contribution >= 4 is 17.0 Å². The fourth-order valence-electron chi connectivity index (χ4n) is 3.38. The lowest BCUT2D eigenvalue weighted by Gasteiger charge is -2.33. The Morgan fingerprint density at radius 3 is 2.63 bits per heavy atom. The summed E-state index contributed by atoms with van der Waals surface area (Å²) in [6.07, 6.45) is -0.810. The van der Waals surface area contributed by atoms with Crippen LogP contribution in [0.15, 0.2) is 16.5 Å². The normalized spacial score (nSPS) is 20.6. The van der Waals surface area contributed by atoms with Gasteiger partial charge in [-0.15, -0.1) is 0 Å². The van der Waals surface area contributed by atoms with Gasteiger partial charge in [-0.2, -0.15) is 0 Å². The number of benzene rings is 1. The Morgan fingerprint density at radius 1 is 1.22 bits per heavy atom. The first-order chi connectivity index (χ1) is 12.8. The van der Waals surface area contributed by atoms with E-state index >= 15 is 0 Å². The summed E-state index contributed by atoms with van der Waals surface area (Å²) in [6, 6.07) is 1.51. The van der Waals surface area contributed by atoms with Crippen LogP contribution in [-0.2, 0) is 6.54 Å². The van der Waals surface area contributed by atoms with Crippen LogP contribution in [0.3, 0.4) is 0 Å². The van der Waals surface area contributed by atoms with Gasteiger partial charge in [-0.3, -0.25) is 0 Å². The quantitative estimate of drug-likeness (QED) is 0.758. The minimum atomic E-state index is -1.08. The van der Waals surface area contributed by atoms with Crippen LogP contribution in [0.2, 0.25) is 0 Å². The molecule has 4 rings (SSSR count). The Bertz CT molecular complexity index is 979. The number of nitrogens with two attached hydrogens (primary N) is 1. The molecule has 1 aliphatic rings. The Kier molecular flexibility index (Phi) is 4.33. The molecule has 1 aliphatic heterocycles. The molecule has 0 radical (unpaired) electrons. The Labute approximate surface area is 153 Å². The van der Waals surface area contributed by atoms with Gasteiger partial charge >= 0.3 is 0 Å². The molecule has 0 saturated carbocycles. The second kappa shape index (κ2) is 6.56. The maximum absolute atomic E-state index is 13.9. The standard InChI is InChI=1S/C18H20F3N5O/c1-9-10(2)27-17(23-9)8-26-16-6-13(21)12(20)5-15(16)24-18(26)25-4-3-11(19)14(22)7-25/h5-6,11,14H,3-4,7-8,22H2,1-2H3. The van der Waals surface area contributed by atoms with Crippen molar-refractivity contribution in [3.63, 3.8) is 0 Å². The average molecular weight is 379 g/mol. The van der Waals surface area contributed by atoms with Crippen molar-refractivity contribution in [2.75, 3.05) is 18.0 Å². The van der Waals surface area contributed by atoms with E-state index in [1.165, 1.54) is 0 Å². The zero-order valence-electron chi connectivity index (χ0n) is 15.0. The summed E-state index contributed by atoms with van der Waals surface area (Å²) < 4.78 is 48.7. The lowest BCUT2D eigenvalue weighted by atomic mass is 10.1. The molecule has 0 amide bonds. The Balaban J connectivity index is 1.81. The number of piperidine rings is 1. The molecule has 0 spiro atoms. The van der Waals surface area contributed by atoms with Gasteiger partial charge in [-0.05, 0) is 20.3 Å². The van der Waals surface area contributed by atoms with E-state index in [0.29, 0.717) is 35.2 Å². The van der Waals surface area contributed by atoms with E-state index in [1.54, 1.807) is 11.5 Å². The van der Waals surface area contributed by atoms with Gasteiger partial charge in [0.1, 0.15) is 18.5 Å². The number of anilines is 1. The largest absolute Gasteiger partial charge is 0.444 e. The highest BCUT2D eigenvalue weighted by Gasteiger charge is 2.30. The molecule has 144 valence electrons. The molecule has 1 fully saturated rings. The molecular formula is C18H20F3N5O. The lowest BCUT2D eigenvalue weighted by Crippen LogP contribution is -2.50. The van der Waals surface area contributed by atoms with Gasteiger partial charge in [0.2, 0.25) is 11.8 Å². The summed E-state index contributed by atoms with van der Waals surface area (Å²) in [4.78, 5) is 10.6. The van der Waals surface area contributed by atoms with Crippen LogP contribution in [-0.4, -0.2) is 39.8 Å². The highest BCUT2D eigenvalue weighted by atomic mass is 19.2. The summed E-state index contributed by atoms with van der Waals surface area (Å²) in [5.74, 6) is -0.353. The molecule has 2 N–H and O–H groups in total. The zero-order chi connectivity index (χ0) is 19.3. The first-order valence-corrected chi connectivity index (χ1v) is 8.76. The molecule has 3 heterocycles. The number of imidazole rings is 1. The van der Waals surface area contributed by atoms with E-state index in [1.807, 2.05) is 11.8 Å². The van der Waals surface area contributed by atoms with Gasteiger partial charge in [-0.1, -0.05) is 0 Å². The summed E-state index contributed by atoms with van der Waals surface area (Å²) in [5.41, 5.74) is 7.34. The Hall–Kier alpha value is -2.55. The van der Waals surface area contributed by atoms with E-state index in [2.05, 4.69) is 9.97 Å². The molecule has 3 aromatic rings. The van der Waals surface area contributed by atoms with Crippen LogP contribution in [0.5, 0.6) is 0 Å². The summed E-state index contributed by atoms with van der Waals surface area (Å²) in [7, 11) is 0. The fourth-order valence-corrected chi connectivity index (χ4v) is 3.38. The maximum Gasteiger partial charge on any atom is 0.214 e. The molecule has 2 atom stereocenters. The van der Waals surface area contributed by atoms with Crippen LogP contribution < -0.4 is 10.6 Å². The number of aryl methyl sites for hydroxylation is 2. The van der Waals surface area contributed by atoms with E-state index < -0.39 is 23.8 Å². The predicted molar refractivity (Wildman–Crippen MR) is 94.4 cm³/mol. The van der Waals surface area contributed by atoms with E-state index in [0.717, 1.165) is 17.8 Å². The summed E-state index contributed by atoms with van der Waals surface area (Å²) in [6.45, 7) is 4.50. The third-order valence-electron chi connectivity index (χ3n) is 4.99. The molecule has 1 aromatic carbocycles. The van der Waals surface area contributed by atoms with Crippen molar-refractivity contribution in [3.05, 3.63) is 41.1 Å². The topological polar surface area (TPSA) is 73.1 Å². The number of aromatic nitrogens is 3. The fraction of sp³-hybridized carbons (Fsp3) is 0.444. The monoisotopic (exact) mass is 379 g/mol. The first-order valence-electron chi connectivity index (χ1n) is 8.76. The summed E-state index contributed by atoms with van der Waals surface area (Å²) in [5, 5.41) is 0. The molecule has 6 nitrogen and oxygen atoms in total. The van der Waals surface area contributed by atoms with E-state index in [-0.39, 0.29) is 19.5 Å². The number of halogens is 3. The molecule has 9 heteroatoms. The van der Waals surface area contributed by atoms with Gasteiger partial charge in [0.05, 0.1) is 22.8 Å². The third kappa shape index (κ3) is 3.16. The van der Waals surface area contributed by atoms with Crippen molar-refractivity contribution < 1.29 is 17.6 Å². The minimum absolute atomic E-state index is 0.191. The molecule has 0 bridgehead atoms. The van der Waals surface area contributed by atoms with Crippen molar-refractivity contribution in [2.45, 2.75) is 39.0 Å².